The van der Waals surface area contributed by atoms with E-state index in [9.17, 15) is 9.59 Å². The Morgan fingerprint density at radius 1 is 1.53 bits per heavy atom. The van der Waals surface area contributed by atoms with Crippen LogP contribution in [0.4, 0.5) is 0 Å². The van der Waals surface area contributed by atoms with E-state index in [0.29, 0.717) is 23.5 Å². The number of halogens is 1. The highest BCUT2D eigenvalue weighted by molar-refractivity contribution is 9.10. The molecule has 2 rings (SSSR count). The first kappa shape index (κ1) is 13.5. The van der Waals surface area contributed by atoms with Crippen LogP contribution in [-0.2, 0) is 6.54 Å². The normalized spacial score (nSPS) is 10.4. The highest BCUT2D eigenvalue weighted by Gasteiger charge is 2.09. The molecule has 0 aliphatic rings. The van der Waals surface area contributed by atoms with E-state index in [1.54, 1.807) is 19.1 Å². The van der Waals surface area contributed by atoms with Gasteiger partial charge < -0.3 is 9.73 Å². The van der Waals surface area contributed by atoms with Gasteiger partial charge in [0.25, 0.3) is 11.5 Å². The van der Waals surface area contributed by atoms with Crippen molar-refractivity contribution in [2.45, 2.75) is 13.5 Å². The second-order valence-corrected chi connectivity index (χ2v) is 4.70. The summed E-state index contributed by atoms with van der Waals surface area (Å²) < 4.78 is 7.04. The van der Waals surface area contributed by atoms with Crippen LogP contribution in [0.5, 0.6) is 0 Å². The number of hydrogen-bond acceptors (Lipinski definition) is 4. The van der Waals surface area contributed by atoms with Gasteiger partial charge in [-0.2, -0.15) is 0 Å². The molecule has 0 fully saturated rings. The summed E-state index contributed by atoms with van der Waals surface area (Å²) in [5.74, 6) is -0.0972. The first-order valence-corrected chi connectivity index (χ1v) is 6.42. The maximum atomic E-state index is 11.7. The van der Waals surface area contributed by atoms with E-state index < -0.39 is 0 Å². The van der Waals surface area contributed by atoms with Crippen LogP contribution in [0, 0.1) is 6.92 Å². The van der Waals surface area contributed by atoms with E-state index in [1.807, 2.05) is 0 Å². The Hall–Kier alpha value is -1.89. The molecule has 0 aliphatic heterocycles. The number of nitrogens with one attached hydrogen (secondary N) is 1. The maximum Gasteiger partial charge on any atom is 0.287 e. The number of furan rings is 1. The lowest BCUT2D eigenvalue weighted by Gasteiger charge is -2.06. The fourth-order valence-corrected chi connectivity index (χ4v) is 1.80. The van der Waals surface area contributed by atoms with E-state index in [0.717, 1.165) is 0 Å². The Bertz CT molecular complexity index is 648. The molecule has 2 aromatic rings. The molecule has 6 nitrogen and oxygen atoms in total. The monoisotopic (exact) mass is 325 g/mol. The minimum Gasteiger partial charge on any atom is -0.444 e. The lowest BCUT2D eigenvalue weighted by Crippen LogP contribution is -2.30. The molecule has 0 aromatic carbocycles. The van der Waals surface area contributed by atoms with E-state index in [2.05, 4.69) is 26.2 Å². The van der Waals surface area contributed by atoms with Crippen LogP contribution in [0.25, 0.3) is 0 Å². The third-order valence-electron chi connectivity index (χ3n) is 2.45. The van der Waals surface area contributed by atoms with Gasteiger partial charge >= 0.3 is 0 Å². The number of hydrogen-bond donors (Lipinski definition) is 1. The smallest absolute Gasteiger partial charge is 0.287 e. The van der Waals surface area contributed by atoms with Gasteiger partial charge in [0.05, 0.1) is 6.33 Å². The van der Waals surface area contributed by atoms with Crippen molar-refractivity contribution >= 4 is 21.8 Å². The molecule has 19 heavy (non-hydrogen) atoms. The number of carbonyl (C=O) groups is 1. The lowest BCUT2D eigenvalue weighted by atomic mass is 10.4. The summed E-state index contributed by atoms with van der Waals surface area (Å²) in [4.78, 5) is 27.3. The van der Waals surface area contributed by atoms with Crippen molar-refractivity contribution in [1.82, 2.24) is 14.9 Å². The van der Waals surface area contributed by atoms with Crippen LogP contribution in [-0.4, -0.2) is 22.0 Å². The van der Waals surface area contributed by atoms with Crippen molar-refractivity contribution in [3.8, 4) is 0 Å². The van der Waals surface area contributed by atoms with E-state index in [-0.39, 0.29) is 17.2 Å². The van der Waals surface area contributed by atoms with Gasteiger partial charge in [-0.1, -0.05) is 0 Å². The van der Waals surface area contributed by atoms with Gasteiger partial charge in [0.2, 0.25) is 0 Å². The second-order valence-electron chi connectivity index (χ2n) is 3.92. The molecular weight excluding hydrogens is 314 g/mol. The summed E-state index contributed by atoms with van der Waals surface area (Å²) in [5, 5.41) is 2.66. The summed E-state index contributed by atoms with van der Waals surface area (Å²) in [6.45, 7) is 2.43. The zero-order valence-electron chi connectivity index (χ0n) is 10.2. The third kappa shape index (κ3) is 3.54. The summed E-state index contributed by atoms with van der Waals surface area (Å²) in [6, 6.07) is 4.66. The molecular formula is C12H12BrN3O3. The van der Waals surface area contributed by atoms with Gasteiger partial charge in [-0.3, -0.25) is 14.2 Å². The highest BCUT2D eigenvalue weighted by atomic mass is 79.9. The number of nitrogens with zero attached hydrogens (tertiary/aromatic N) is 2. The topological polar surface area (TPSA) is 77.1 Å². The van der Waals surface area contributed by atoms with E-state index in [1.165, 1.54) is 17.0 Å². The number of aryl methyl sites for hydroxylation is 1. The minimum absolute atomic E-state index is 0.137. The van der Waals surface area contributed by atoms with Crippen LogP contribution in [0.1, 0.15) is 16.2 Å². The summed E-state index contributed by atoms with van der Waals surface area (Å²) in [6.07, 6.45) is 1.47. The predicted molar refractivity (Wildman–Crippen MR) is 72.0 cm³/mol. The van der Waals surface area contributed by atoms with E-state index >= 15 is 0 Å². The third-order valence-corrected chi connectivity index (χ3v) is 2.88. The Kier molecular flexibility index (Phi) is 4.16. The molecule has 1 amide bonds. The van der Waals surface area contributed by atoms with Gasteiger partial charge in [0.1, 0.15) is 0 Å². The molecule has 7 heteroatoms. The van der Waals surface area contributed by atoms with Gasteiger partial charge in [0.15, 0.2) is 10.4 Å². The summed E-state index contributed by atoms with van der Waals surface area (Å²) >= 11 is 3.12. The number of amides is 1. The largest absolute Gasteiger partial charge is 0.444 e. The maximum absolute atomic E-state index is 11.7. The fourth-order valence-electron chi connectivity index (χ4n) is 1.50. The molecule has 0 spiro atoms. The molecule has 0 saturated carbocycles. The van der Waals surface area contributed by atoms with Gasteiger partial charge in [-0.15, -0.1) is 0 Å². The van der Waals surface area contributed by atoms with Crippen LogP contribution in [0.2, 0.25) is 0 Å². The summed E-state index contributed by atoms with van der Waals surface area (Å²) in [5.41, 5.74) is 0.535. The lowest BCUT2D eigenvalue weighted by molar-refractivity contribution is 0.0923. The minimum atomic E-state index is -0.321. The first-order chi connectivity index (χ1) is 9.06. The Labute approximate surface area is 117 Å². The fraction of sp³-hybridized carbons (Fsp3) is 0.250. The van der Waals surface area contributed by atoms with Crippen LogP contribution in [0.15, 0.2) is 38.4 Å². The van der Waals surface area contributed by atoms with Crippen LogP contribution in [0.3, 0.4) is 0 Å². The van der Waals surface area contributed by atoms with Crippen molar-refractivity contribution in [3.63, 3.8) is 0 Å². The second kappa shape index (κ2) is 5.83. The number of carbonyl (C=O) groups excluding carboxylic acids is 1. The molecule has 0 bridgehead atoms. The molecule has 0 radical (unpaired) electrons. The van der Waals surface area contributed by atoms with Crippen molar-refractivity contribution in [2.24, 2.45) is 0 Å². The molecule has 0 saturated heterocycles. The van der Waals surface area contributed by atoms with Crippen molar-refractivity contribution in [1.29, 1.82) is 0 Å². The SMILES string of the molecule is Cc1cc(=O)n(CCNC(=O)c2ccc(Br)o2)cn1. The van der Waals surface area contributed by atoms with Crippen molar-refractivity contribution in [3.05, 3.63) is 51.0 Å². The first-order valence-electron chi connectivity index (χ1n) is 5.63. The highest BCUT2D eigenvalue weighted by Crippen LogP contribution is 2.13. The molecule has 100 valence electrons. The van der Waals surface area contributed by atoms with Gasteiger partial charge in [-0.05, 0) is 35.0 Å². The zero-order chi connectivity index (χ0) is 13.8. The van der Waals surface area contributed by atoms with Gasteiger partial charge in [-0.25, -0.2) is 4.98 Å². The number of aromatic nitrogens is 2. The molecule has 1 N–H and O–H groups in total. The molecule has 2 aromatic heterocycles. The number of rotatable bonds is 4. The average molecular weight is 326 g/mol. The van der Waals surface area contributed by atoms with Gasteiger partial charge in [0, 0.05) is 24.8 Å². The zero-order valence-corrected chi connectivity index (χ0v) is 11.8. The molecule has 0 unspecified atom stereocenters. The quantitative estimate of drug-likeness (QED) is 0.920. The van der Waals surface area contributed by atoms with Crippen LogP contribution >= 0.6 is 15.9 Å². The van der Waals surface area contributed by atoms with Crippen molar-refractivity contribution < 1.29 is 9.21 Å². The standard InChI is InChI=1S/C12H12BrN3O3/c1-8-6-11(17)16(7-15-8)5-4-14-12(18)9-2-3-10(13)19-9/h2-3,6-7H,4-5H2,1H3,(H,14,18). The van der Waals surface area contributed by atoms with Crippen LogP contribution < -0.4 is 10.9 Å². The Balaban J connectivity index is 1.90. The Morgan fingerprint density at radius 3 is 2.95 bits per heavy atom. The molecule has 0 atom stereocenters. The predicted octanol–water partition coefficient (Wildman–Crippen LogP) is 1.34. The van der Waals surface area contributed by atoms with Crippen molar-refractivity contribution in [2.75, 3.05) is 6.54 Å². The van der Waals surface area contributed by atoms with E-state index in [4.69, 9.17) is 4.42 Å². The molecule has 0 aliphatic carbocycles. The Morgan fingerprint density at radius 2 is 2.32 bits per heavy atom. The summed E-state index contributed by atoms with van der Waals surface area (Å²) in [7, 11) is 0. The molecule has 2 heterocycles. The average Bonchev–Trinajstić information content (AvgIpc) is 2.78.